The molecule has 2 heterocycles. The van der Waals surface area contributed by atoms with Crippen LogP contribution in [0.5, 0.6) is 0 Å². The van der Waals surface area contributed by atoms with Crippen LogP contribution in [-0.4, -0.2) is 77.8 Å². The van der Waals surface area contributed by atoms with Crippen molar-refractivity contribution in [3.05, 3.63) is 48.5 Å². The Morgan fingerprint density at radius 2 is 1.86 bits per heavy atom. The number of benzene rings is 1. The van der Waals surface area contributed by atoms with Gasteiger partial charge in [-0.25, -0.2) is 13.4 Å². The van der Waals surface area contributed by atoms with Crippen LogP contribution in [0.15, 0.2) is 43.0 Å². The van der Waals surface area contributed by atoms with Crippen molar-refractivity contribution in [3.63, 3.8) is 0 Å². The van der Waals surface area contributed by atoms with Crippen LogP contribution in [0.1, 0.15) is 24.2 Å². The highest BCUT2D eigenvalue weighted by Gasteiger charge is 2.29. The Balaban J connectivity index is 1.52. The number of nitrogens with one attached hydrogen (secondary N) is 1. The third-order valence-corrected chi connectivity index (χ3v) is 6.44. The average molecular weight is 422 g/mol. The van der Waals surface area contributed by atoms with Gasteiger partial charge in [-0.15, -0.1) is 0 Å². The molecular weight excluding hydrogens is 394 g/mol. The number of piperazine rings is 1. The van der Waals surface area contributed by atoms with Crippen LogP contribution in [0, 0.1) is 0 Å². The molecule has 0 bridgehead atoms. The van der Waals surface area contributed by atoms with E-state index in [2.05, 4.69) is 10.4 Å². The normalized spacial score (nSPS) is 15.6. The number of hydrogen-bond donors (Lipinski definition) is 1. The van der Waals surface area contributed by atoms with Crippen molar-refractivity contribution in [2.24, 2.45) is 0 Å². The summed E-state index contributed by atoms with van der Waals surface area (Å²) in [5.41, 5.74) is 4.53. The van der Waals surface area contributed by atoms with Gasteiger partial charge in [0.2, 0.25) is 10.0 Å². The van der Waals surface area contributed by atoms with Crippen LogP contribution in [0.4, 0.5) is 5.69 Å². The fourth-order valence-corrected chi connectivity index (χ4v) is 4.32. The SMILES string of the molecule is CC(C)OCCS(=O)(=O)N1CCN(C(=O)c2ccc(Nn3ccnc3)cc2)CC1. The molecule has 1 saturated heterocycles. The number of imidazole rings is 1. The number of sulfonamides is 1. The first kappa shape index (κ1) is 21.3. The summed E-state index contributed by atoms with van der Waals surface area (Å²) < 4.78 is 33.3. The molecule has 3 rings (SSSR count). The van der Waals surface area contributed by atoms with Gasteiger partial charge in [-0.3, -0.25) is 14.9 Å². The van der Waals surface area contributed by atoms with Gasteiger partial charge in [0.25, 0.3) is 5.91 Å². The Morgan fingerprint density at radius 1 is 1.17 bits per heavy atom. The van der Waals surface area contributed by atoms with Crippen LogP contribution >= 0.6 is 0 Å². The van der Waals surface area contributed by atoms with Crippen LogP contribution in [0.3, 0.4) is 0 Å². The fraction of sp³-hybridized carbons (Fsp3) is 0.474. The molecule has 0 spiro atoms. The monoisotopic (exact) mass is 421 g/mol. The first-order chi connectivity index (χ1) is 13.8. The molecule has 0 unspecified atom stereocenters. The lowest BCUT2D eigenvalue weighted by Crippen LogP contribution is -2.51. The molecule has 1 N–H and O–H groups in total. The molecule has 29 heavy (non-hydrogen) atoms. The van der Waals surface area contributed by atoms with Crippen LogP contribution < -0.4 is 5.43 Å². The number of aromatic nitrogens is 2. The Hall–Kier alpha value is -2.43. The van der Waals surface area contributed by atoms with Crippen LogP contribution in [0.25, 0.3) is 0 Å². The summed E-state index contributed by atoms with van der Waals surface area (Å²) in [5, 5.41) is 0. The minimum atomic E-state index is -3.37. The molecule has 1 amide bonds. The van der Waals surface area contributed by atoms with E-state index in [1.165, 1.54) is 4.31 Å². The lowest BCUT2D eigenvalue weighted by molar-refractivity contribution is 0.0693. The molecule has 1 aliphatic rings. The predicted molar refractivity (Wildman–Crippen MR) is 110 cm³/mol. The highest BCUT2D eigenvalue weighted by atomic mass is 32.2. The van der Waals surface area contributed by atoms with E-state index in [1.54, 1.807) is 40.4 Å². The van der Waals surface area contributed by atoms with Crippen molar-refractivity contribution >= 4 is 21.6 Å². The number of anilines is 1. The number of amides is 1. The number of nitrogens with zero attached hydrogens (tertiary/aromatic N) is 4. The Labute approximate surface area is 171 Å². The second kappa shape index (κ2) is 9.38. The first-order valence-electron chi connectivity index (χ1n) is 9.59. The Bertz CT molecular complexity index is 889. The number of carbonyl (C=O) groups is 1. The van der Waals surface area contributed by atoms with E-state index in [9.17, 15) is 13.2 Å². The van der Waals surface area contributed by atoms with Gasteiger partial charge in [-0.05, 0) is 38.1 Å². The van der Waals surface area contributed by atoms with Crippen molar-refractivity contribution in [1.29, 1.82) is 0 Å². The van der Waals surface area contributed by atoms with Gasteiger partial charge in [0.1, 0.15) is 6.33 Å². The lowest BCUT2D eigenvalue weighted by Gasteiger charge is -2.34. The van der Waals surface area contributed by atoms with E-state index in [-0.39, 0.29) is 24.4 Å². The fourth-order valence-electron chi connectivity index (χ4n) is 3.03. The highest BCUT2D eigenvalue weighted by Crippen LogP contribution is 2.15. The number of carbonyl (C=O) groups excluding carboxylic acids is 1. The third-order valence-electron chi connectivity index (χ3n) is 4.61. The zero-order chi connectivity index (χ0) is 20.9. The van der Waals surface area contributed by atoms with Gasteiger partial charge in [0.15, 0.2) is 0 Å². The maximum Gasteiger partial charge on any atom is 0.253 e. The van der Waals surface area contributed by atoms with Crippen molar-refractivity contribution in [3.8, 4) is 0 Å². The quantitative estimate of drug-likeness (QED) is 0.690. The lowest BCUT2D eigenvalue weighted by atomic mass is 10.1. The van der Waals surface area contributed by atoms with E-state index >= 15 is 0 Å². The zero-order valence-electron chi connectivity index (χ0n) is 16.7. The number of ether oxygens (including phenoxy) is 1. The molecule has 2 aromatic rings. The zero-order valence-corrected chi connectivity index (χ0v) is 17.5. The molecule has 0 atom stereocenters. The van der Waals surface area contributed by atoms with E-state index in [0.717, 1.165) is 5.69 Å². The number of rotatable bonds is 8. The van der Waals surface area contributed by atoms with Gasteiger partial charge in [0, 0.05) is 44.1 Å². The summed E-state index contributed by atoms with van der Waals surface area (Å²) in [6, 6.07) is 7.16. The van der Waals surface area contributed by atoms with Crippen LogP contribution in [-0.2, 0) is 14.8 Å². The van der Waals surface area contributed by atoms with Crippen molar-refractivity contribution < 1.29 is 17.9 Å². The summed E-state index contributed by atoms with van der Waals surface area (Å²) in [6.45, 7) is 5.27. The largest absolute Gasteiger partial charge is 0.378 e. The second-order valence-electron chi connectivity index (χ2n) is 7.09. The van der Waals surface area contributed by atoms with Crippen LogP contribution in [0.2, 0.25) is 0 Å². The van der Waals surface area contributed by atoms with Crippen molar-refractivity contribution in [2.75, 3.05) is 44.0 Å². The second-order valence-corrected chi connectivity index (χ2v) is 9.17. The molecule has 0 aliphatic carbocycles. The topological polar surface area (TPSA) is 96.8 Å². The minimum absolute atomic E-state index is 0.00112. The van der Waals surface area contributed by atoms with E-state index in [0.29, 0.717) is 31.7 Å². The summed E-state index contributed by atoms with van der Waals surface area (Å²) in [7, 11) is -3.37. The maximum absolute atomic E-state index is 12.7. The standard InChI is InChI=1S/C19H27N5O4S/c1-16(2)28-13-14-29(26,27)24-11-9-22(10-12-24)19(25)17-3-5-18(6-4-17)21-23-8-7-20-15-23/h3-8,15-16,21H,9-14H2,1-2H3. The minimum Gasteiger partial charge on any atom is -0.378 e. The summed E-state index contributed by atoms with van der Waals surface area (Å²) in [6.07, 6.45) is 5.09. The highest BCUT2D eigenvalue weighted by molar-refractivity contribution is 7.89. The van der Waals surface area contributed by atoms with Gasteiger partial charge in [0.05, 0.1) is 24.2 Å². The van der Waals surface area contributed by atoms with E-state index in [1.807, 2.05) is 26.0 Å². The van der Waals surface area contributed by atoms with Crippen molar-refractivity contribution in [2.45, 2.75) is 20.0 Å². The first-order valence-corrected chi connectivity index (χ1v) is 11.2. The maximum atomic E-state index is 12.7. The molecule has 158 valence electrons. The summed E-state index contributed by atoms with van der Waals surface area (Å²) in [5.74, 6) is -0.135. The number of hydrogen-bond acceptors (Lipinski definition) is 6. The molecule has 10 heteroatoms. The van der Waals surface area contributed by atoms with Gasteiger partial charge >= 0.3 is 0 Å². The molecule has 1 aromatic heterocycles. The molecule has 1 aliphatic heterocycles. The van der Waals surface area contributed by atoms with E-state index in [4.69, 9.17) is 4.74 Å². The molecule has 0 saturated carbocycles. The smallest absolute Gasteiger partial charge is 0.253 e. The van der Waals surface area contributed by atoms with Gasteiger partial charge < -0.3 is 9.64 Å². The van der Waals surface area contributed by atoms with Gasteiger partial charge in [-0.1, -0.05) is 0 Å². The average Bonchev–Trinajstić information content (AvgIpc) is 3.21. The third kappa shape index (κ3) is 5.78. The molecule has 9 nitrogen and oxygen atoms in total. The van der Waals surface area contributed by atoms with Gasteiger partial charge in [-0.2, -0.15) is 4.31 Å². The summed E-state index contributed by atoms with van der Waals surface area (Å²) in [4.78, 5) is 18.4. The molecule has 1 aromatic carbocycles. The predicted octanol–water partition coefficient (Wildman–Crippen LogP) is 1.27. The summed E-state index contributed by atoms with van der Waals surface area (Å²) >= 11 is 0. The van der Waals surface area contributed by atoms with E-state index < -0.39 is 10.0 Å². The molecular formula is C19H27N5O4S. The van der Waals surface area contributed by atoms with Crippen molar-refractivity contribution in [1.82, 2.24) is 18.9 Å². The molecule has 1 fully saturated rings. The Morgan fingerprint density at radius 3 is 2.45 bits per heavy atom. The molecule has 0 radical (unpaired) electrons. The Kier molecular flexibility index (Phi) is 6.88.